The van der Waals surface area contributed by atoms with Crippen LogP contribution in [-0.4, -0.2) is 61.2 Å². The van der Waals surface area contributed by atoms with Crippen LogP contribution in [0.25, 0.3) is 0 Å². The van der Waals surface area contributed by atoms with Crippen molar-refractivity contribution < 1.29 is 9.53 Å². The van der Waals surface area contributed by atoms with Crippen molar-refractivity contribution in [3.63, 3.8) is 0 Å². The highest BCUT2D eigenvalue weighted by Gasteiger charge is 2.26. The Morgan fingerprint density at radius 3 is 2.59 bits per heavy atom. The number of ether oxygens (including phenoxy) is 1. The number of carbonyl (C=O) groups is 1. The SMILES string of the molecule is O=C(NC1CCC(CCN2CCN(c3nccc4c3CCO4)CC2)CC1)c1ccccc1. The van der Waals surface area contributed by atoms with Crippen molar-refractivity contribution in [2.75, 3.05) is 44.2 Å². The van der Waals surface area contributed by atoms with Gasteiger partial charge in [0.15, 0.2) is 0 Å². The number of benzene rings is 1. The fraction of sp³-hybridized carbons (Fsp3) is 0.538. The van der Waals surface area contributed by atoms with Gasteiger partial charge in [0, 0.05) is 56.0 Å². The summed E-state index contributed by atoms with van der Waals surface area (Å²) in [5.74, 6) is 3.01. The van der Waals surface area contributed by atoms with Crippen LogP contribution in [0.2, 0.25) is 0 Å². The van der Waals surface area contributed by atoms with E-state index in [9.17, 15) is 4.79 Å². The third-order valence-corrected chi connectivity index (χ3v) is 7.34. The molecule has 0 atom stereocenters. The zero-order valence-electron chi connectivity index (χ0n) is 18.8. The number of nitrogens with zero attached hydrogens (tertiary/aromatic N) is 3. The van der Waals surface area contributed by atoms with Crippen LogP contribution in [0.4, 0.5) is 5.82 Å². The van der Waals surface area contributed by atoms with E-state index in [1.807, 2.05) is 42.6 Å². The summed E-state index contributed by atoms with van der Waals surface area (Å²) in [5, 5.41) is 3.23. The molecule has 2 aromatic rings. The molecular formula is C26H34N4O2. The molecule has 1 saturated carbocycles. The zero-order chi connectivity index (χ0) is 21.8. The van der Waals surface area contributed by atoms with E-state index in [4.69, 9.17) is 4.74 Å². The molecule has 2 fully saturated rings. The largest absolute Gasteiger partial charge is 0.493 e. The minimum Gasteiger partial charge on any atom is -0.493 e. The molecule has 1 saturated heterocycles. The monoisotopic (exact) mass is 434 g/mol. The Hall–Kier alpha value is -2.60. The van der Waals surface area contributed by atoms with Crippen LogP contribution in [0.3, 0.4) is 0 Å². The lowest BCUT2D eigenvalue weighted by molar-refractivity contribution is 0.0919. The first-order valence-corrected chi connectivity index (χ1v) is 12.2. The number of rotatable bonds is 6. The zero-order valence-corrected chi connectivity index (χ0v) is 18.8. The van der Waals surface area contributed by atoms with Gasteiger partial charge in [-0.15, -0.1) is 0 Å². The number of nitrogens with one attached hydrogen (secondary N) is 1. The van der Waals surface area contributed by atoms with Crippen molar-refractivity contribution in [2.24, 2.45) is 5.92 Å². The standard InChI is InChI=1S/C26H34N4O2/c31-26(21-4-2-1-3-5-21)28-22-8-6-20(7-9-22)11-14-29-15-17-30(18-16-29)25-23-12-19-32-24(23)10-13-27-25/h1-5,10,13,20,22H,6-9,11-12,14-19H2,(H,28,31). The first-order valence-electron chi connectivity index (χ1n) is 12.2. The van der Waals surface area contributed by atoms with E-state index >= 15 is 0 Å². The number of anilines is 1. The quantitative estimate of drug-likeness (QED) is 0.754. The molecule has 32 heavy (non-hydrogen) atoms. The van der Waals surface area contributed by atoms with E-state index in [-0.39, 0.29) is 5.91 Å². The third-order valence-electron chi connectivity index (χ3n) is 7.34. The van der Waals surface area contributed by atoms with Gasteiger partial charge in [-0.05, 0) is 62.8 Å². The van der Waals surface area contributed by atoms with Gasteiger partial charge in [0.25, 0.3) is 5.91 Å². The first-order chi connectivity index (χ1) is 15.8. The van der Waals surface area contributed by atoms with Crippen molar-refractivity contribution in [3.8, 4) is 5.75 Å². The lowest BCUT2D eigenvalue weighted by Gasteiger charge is -2.37. The molecule has 0 unspecified atom stereocenters. The van der Waals surface area contributed by atoms with Crippen molar-refractivity contribution in [1.82, 2.24) is 15.2 Å². The Balaban J connectivity index is 1.02. The number of aromatic nitrogens is 1. The summed E-state index contributed by atoms with van der Waals surface area (Å²) in [6.45, 7) is 6.27. The predicted molar refractivity (Wildman–Crippen MR) is 126 cm³/mol. The maximum atomic E-state index is 12.4. The Labute approximate surface area is 191 Å². The highest BCUT2D eigenvalue weighted by Crippen LogP contribution is 2.32. The van der Waals surface area contributed by atoms with Crippen LogP contribution < -0.4 is 15.0 Å². The molecule has 1 aromatic carbocycles. The second kappa shape index (κ2) is 9.90. The van der Waals surface area contributed by atoms with Gasteiger partial charge < -0.3 is 15.0 Å². The van der Waals surface area contributed by atoms with Crippen LogP contribution in [0, 0.1) is 5.92 Å². The second-order valence-electron chi connectivity index (χ2n) is 9.38. The fourth-order valence-corrected chi connectivity index (χ4v) is 5.37. The first kappa shape index (κ1) is 21.3. The summed E-state index contributed by atoms with van der Waals surface area (Å²) >= 11 is 0. The van der Waals surface area contributed by atoms with Crippen molar-refractivity contribution in [1.29, 1.82) is 0 Å². The van der Waals surface area contributed by atoms with Gasteiger partial charge >= 0.3 is 0 Å². The van der Waals surface area contributed by atoms with Gasteiger partial charge in [-0.1, -0.05) is 18.2 Å². The topological polar surface area (TPSA) is 57.7 Å². The summed E-state index contributed by atoms with van der Waals surface area (Å²) in [5.41, 5.74) is 2.05. The van der Waals surface area contributed by atoms with Gasteiger partial charge in [0.05, 0.1) is 6.61 Å². The molecule has 1 aliphatic carbocycles. The predicted octanol–water partition coefficient (Wildman–Crippen LogP) is 3.52. The highest BCUT2D eigenvalue weighted by molar-refractivity contribution is 5.94. The molecule has 1 aromatic heterocycles. The van der Waals surface area contributed by atoms with E-state index in [1.54, 1.807) is 0 Å². The number of hydrogen-bond donors (Lipinski definition) is 1. The van der Waals surface area contributed by atoms with Crippen LogP contribution in [0.5, 0.6) is 5.75 Å². The summed E-state index contributed by atoms with van der Waals surface area (Å²) in [4.78, 5) is 22.1. The Morgan fingerprint density at radius 1 is 1.03 bits per heavy atom. The molecule has 0 radical (unpaired) electrons. The number of carbonyl (C=O) groups excluding carboxylic acids is 1. The minimum atomic E-state index is 0.0667. The molecule has 3 heterocycles. The van der Waals surface area contributed by atoms with Gasteiger partial charge in [-0.25, -0.2) is 4.98 Å². The summed E-state index contributed by atoms with van der Waals surface area (Å²) < 4.78 is 5.71. The van der Waals surface area contributed by atoms with Crippen molar-refractivity contribution in [2.45, 2.75) is 44.6 Å². The maximum absolute atomic E-state index is 12.4. The highest BCUT2D eigenvalue weighted by atomic mass is 16.5. The van der Waals surface area contributed by atoms with Crippen LogP contribution in [0.1, 0.15) is 48.0 Å². The van der Waals surface area contributed by atoms with Crippen LogP contribution in [0.15, 0.2) is 42.6 Å². The average Bonchev–Trinajstić information content (AvgIpc) is 3.34. The van der Waals surface area contributed by atoms with E-state index in [1.165, 1.54) is 31.4 Å². The molecule has 1 N–H and O–H groups in total. The minimum absolute atomic E-state index is 0.0667. The fourth-order valence-electron chi connectivity index (χ4n) is 5.37. The molecule has 6 heteroatoms. The van der Waals surface area contributed by atoms with Gasteiger partial charge in [0.1, 0.15) is 11.6 Å². The molecule has 6 nitrogen and oxygen atoms in total. The Morgan fingerprint density at radius 2 is 1.81 bits per heavy atom. The molecule has 5 rings (SSSR count). The Kier molecular flexibility index (Phi) is 6.58. The average molecular weight is 435 g/mol. The third kappa shape index (κ3) is 4.90. The number of hydrogen-bond acceptors (Lipinski definition) is 5. The lowest BCUT2D eigenvalue weighted by Crippen LogP contribution is -2.47. The van der Waals surface area contributed by atoms with Gasteiger partial charge in [-0.3, -0.25) is 9.69 Å². The molecular weight excluding hydrogens is 400 g/mol. The smallest absolute Gasteiger partial charge is 0.251 e. The summed E-state index contributed by atoms with van der Waals surface area (Å²) in [6, 6.07) is 11.9. The van der Waals surface area contributed by atoms with Crippen molar-refractivity contribution >= 4 is 11.7 Å². The van der Waals surface area contributed by atoms with E-state index < -0.39 is 0 Å². The van der Waals surface area contributed by atoms with Crippen LogP contribution in [-0.2, 0) is 6.42 Å². The lowest BCUT2D eigenvalue weighted by atomic mass is 9.84. The molecule has 0 spiro atoms. The number of fused-ring (bicyclic) bond motifs is 1. The number of amides is 1. The Bertz CT molecular complexity index is 903. The number of piperazine rings is 1. The summed E-state index contributed by atoms with van der Waals surface area (Å²) in [7, 11) is 0. The van der Waals surface area contributed by atoms with Gasteiger partial charge in [-0.2, -0.15) is 0 Å². The maximum Gasteiger partial charge on any atom is 0.251 e. The molecule has 0 bridgehead atoms. The van der Waals surface area contributed by atoms with E-state index in [0.717, 1.165) is 75.1 Å². The molecule has 170 valence electrons. The number of pyridine rings is 1. The summed E-state index contributed by atoms with van der Waals surface area (Å²) in [6.07, 6.45) is 8.77. The second-order valence-corrected chi connectivity index (χ2v) is 9.38. The normalized spacial score (nSPS) is 23.4. The molecule has 1 amide bonds. The molecule has 2 aliphatic heterocycles. The molecule has 3 aliphatic rings. The van der Waals surface area contributed by atoms with E-state index in [2.05, 4.69) is 20.1 Å². The van der Waals surface area contributed by atoms with Crippen molar-refractivity contribution in [3.05, 3.63) is 53.7 Å². The van der Waals surface area contributed by atoms with Crippen LogP contribution >= 0.6 is 0 Å². The van der Waals surface area contributed by atoms with Gasteiger partial charge in [0.2, 0.25) is 0 Å². The van der Waals surface area contributed by atoms with E-state index in [0.29, 0.717) is 6.04 Å².